The minimum Gasteiger partial charge on any atom is -0.507 e. The third-order valence-corrected chi connectivity index (χ3v) is 24.4. The summed E-state index contributed by atoms with van der Waals surface area (Å²) < 4.78 is 25.4. The predicted molar refractivity (Wildman–Crippen MR) is 439 cm³/mol. The van der Waals surface area contributed by atoms with Gasteiger partial charge in [-0.3, -0.25) is 67.2 Å². The molecule has 1 aliphatic carbocycles. The van der Waals surface area contributed by atoms with Crippen LogP contribution in [0.2, 0.25) is 0 Å². The number of allylic oxidation sites excluding steroid dienone is 2. The molecule has 2 unspecified atom stereocenters. The standard InChI is InChI=1S/C89H101N11O20/c1-11-46(2)71(95-84(113)59-27-19-34-98(59)66(106)45-90-63(103)32-37-99-64(104)28-29-65(99)105)86(115)93-58-40-51(7)100(87(58)116)60(42-54-25-16-13-17-26-54)85(114)92-57(41-53-23-14-12-15-24-53)83(112)91-55-30-35-97(36-31-55)56-43-61(102)72-62(44-56)119-79-73(94-72)67-68-76(108)70-78-69(67)80(110)89(10,120-78)117-38-20-33-88(70,9)81(118-52(8)101)50(6)39-49(5)75(107)47(3)21-18-22-48(4)82(111)96-74(79)77(68)109/h12-18,21-26,28-29,33,38,43-44,46-47,49-51,55,57-60,71,75,81,102,107-108H,11,19,27,30-32,34-37,39-42,45H2,1-10H3,(H,90,103)(H,91,112)(H,92,114)(H,93,115)(H,95,113)(H,96,111)/b21-18+,48-22-/t20?,46-,47-,49-,50+,51?,57-,58-,59-,60-,71-,75?,81-,88+,89-/m0/s1. The van der Waals surface area contributed by atoms with Crippen LogP contribution in [0.1, 0.15) is 148 Å². The molecular formula is C89H101N11O20. The van der Waals surface area contributed by atoms with E-state index >= 15 is 24.0 Å². The second-order valence-corrected chi connectivity index (χ2v) is 33.0. The summed E-state index contributed by atoms with van der Waals surface area (Å²) in [5, 5.41) is 53.4. The first-order chi connectivity index (χ1) is 57.2. The fourth-order valence-electron chi connectivity index (χ4n) is 17.7. The number of nitrogens with one attached hydrogen (secondary N) is 6. The van der Waals surface area contributed by atoms with Gasteiger partial charge in [-0.2, -0.15) is 0 Å². The number of carbonyl (C=O) groups excluding carboxylic acids is 12. The molecule has 4 aromatic carbocycles. The lowest BCUT2D eigenvalue weighted by molar-refractivity contribution is -0.153. The van der Waals surface area contributed by atoms with Crippen molar-refractivity contribution in [2.75, 3.05) is 42.9 Å². The molecular weight excluding hydrogens is 1540 g/mol. The lowest BCUT2D eigenvalue weighted by Gasteiger charge is -2.40. The van der Waals surface area contributed by atoms with E-state index in [2.05, 4.69) is 37.6 Å². The SMILES string of the molecule is CC[C@H](C)[C@H](NC(=O)[C@@H]1CCCN1C(=O)CNC(=O)CCN1C(=O)C=CC1=O)C(=O)N[C@H]1CC(C)N([C@@H](Cc2ccccc2)C(=O)N[C@@H](Cc2ccccc2)C(=O)NC2CCN(c3cc(O)c4nc5c6c7c8c9c(O)c6c(=O)c(c-5oc4c3)NC(=O)/C(C)=C\C=C\[C@H](C)C(O)[C@@H](C)C[C@@H](C)[C@H](OC(C)=O)[C@]9(C)C=C=CO[C@@](C)(O8)C7=O)CC2)C1=O. The molecule has 9 aliphatic rings. The highest BCUT2D eigenvalue weighted by Gasteiger charge is 2.56. The highest BCUT2D eigenvalue weighted by Crippen LogP contribution is 2.57. The lowest BCUT2D eigenvalue weighted by Crippen LogP contribution is -2.59. The molecule has 8 heterocycles. The summed E-state index contributed by atoms with van der Waals surface area (Å²) >= 11 is 0. The number of phenols is 2. The van der Waals surface area contributed by atoms with Crippen molar-refractivity contribution in [3.63, 3.8) is 0 Å². The number of likely N-dealkylation sites (tertiary alicyclic amines) is 2. The Labute approximate surface area is 692 Å². The Hall–Kier alpha value is -12.5. The van der Waals surface area contributed by atoms with Gasteiger partial charge in [0.15, 0.2) is 11.3 Å². The number of anilines is 2. The fourth-order valence-corrected chi connectivity index (χ4v) is 17.7. The second kappa shape index (κ2) is 35.2. The number of esters is 1. The average molecular weight is 1640 g/mol. The van der Waals surface area contributed by atoms with Crippen LogP contribution in [0.3, 0.4) is 0 Å². The molecule has 0 spiro atoms. The van der Waals surface area contributed by atoms with E-state index < -0.39 is 195 Å². The number of carbonyl (C=O) groups is 12. The maximum atomic E-state index is 15.8. The van der Waals surface area contributed by atoms with Gasteiger partial charge in [0.1, 0.15) is 76.7 Å². The van der Waals surface area contributed by atoms with Crippen LogP contribution in [0.5, 0.6) is 17.2 Å². The number of aliphatic hydroxyl groups excluding tert-OH is 1. The number of ether oxygens (including phenoxy) is 3. The number of piperidine rings is 1. The van der Waals surface area contributed by atoms with Crippen molar-refractivity contribution in [2.45, 2.75) is 199 Å². The van der Waals surface area contributed by atoms with Crippen LogP contribution in [0.4, 0.5) is 11.4 Å². The van der Waals surface area contributed by atoms with E-state index in [4.69, 9.17) is 23.6 Å². The molecule has 9 N–H and O–H groups in total. The van der Waals surface area contributed by atoms with E-state index in [1.54, 1.807) is 63.3 Å². The molecule has 0 saturated carbocycles. The molecule has 3 saturated heterocycles. The van der Waals surface area contributed by atoms with Crippen molar-refractivity contribution in [2.24, 2.45) is 23.7 Å². The molecule has 0 radical (unpaired) electrons. The van der Waals surface area contributed by atoms with Crippen molar-refractivity contribution < 1.29 is 91.5 Å². The Morgan fingerprint density at radius 1 is 0.817 bits per heavy atom. The van der Waals surface area contributed by atoms with Gasteiger partial charge >= 0.3 is 11.8 Å². The first-order valence-electron chi connectivity index (χ1n) is 40.9. The zero-order valence-electron chi connectivity index (χ0n) is 68.6. The zero-order chi connectivity index (χ0) is 86.1. The number of imide groups is 1. The number of phenolic OH excluding ortho intramolecular Hbond substituents is 2. The lowest BCUT2D eigenvalue weighted by atomic mass is 9.69. The Kier molecular flexibility index (Phi) is 25.0. The number of ketones is 1. The number of benzene rings is 5. The molecule has 31 heteroatoms. The van der Waals surface area contributed by atoms with Crippen molar-refractivity contribution >= 4 is 104 Å². The molecule has 8 aliphatic heterocycles. The van der Waals surface area contributed by atoms with E-state index in [9.17, 15) is 53.7 Å². The summed E-state index contributed by atoms with van der Waals surface area (Å²) in [5.74, 6) is -13.4. The molecule has 5 bridgehead atoms. The number of Topliss-reactive ketones (excluding diaryl/α,β-unsaturated/α-hetero) is 1. The molecule has 4 aromatic rings. The topological polar surface area (TPSA) is 421 Å². The Bertz CT molecular complexity index is 5300. The minimum absolute atomic E-state index is 0.0156. The van der Waals surface area contributed by atoms with Crippen LogP contribution >= 0.6 is 0 Å². The van der Waals surface area contributed by atoms with Gasteiger partial charge in [0.2, 0.25) is 46.8 Å². The third-order valence-electron chi connectivity index (χ3n) is 24.4. The van der Waals surface area contributed by atoms with E-state index in [0.29, 0.717) is 42.5 Å². The summed E-state index contributed by atoms with van der Waals surface area (Å²) in [5.41, 5.74) is 0.736. The maximum absolute atomic E-state index is 15.8. The number of rotatable bonds is 22. The molecule has 10 amide bonds. The van der Waals surface area contributed by atoms with Crippen LogP contribution in [-0.4, -0.2) is 199 Å². The number of fused-ring (bicyclic) bond motifs is 7. The normalized spacial score (nSPS) is 25.5. The first kappa shape index (κ1) is 85.4. The zero-order valence-corrected chi connectivity index (χ0v) is 68.6. The van der Waals surface area contributed by atoms with Crippen LogP contribution in [-0.2, 0) is 80.5 Å². The van der Waals surface area contributed by atoms with Gasteiger partial charge in [-0.05, 0) is 94.3 Å². The van der Waals surface area contributed by atoms with Crippen LogP contribution in [0.25, 0.3) is 33.3 Å². The number of hydrogen-bond acceptors (Lipinski definition) is 22. The molecule has 3 fully saturated rings. The van der Waals surface area contributed by atoms with Gasteiger partial charge in [-0.15, -0.1) is 0 Å². The van der Waals surface area contributed by atoms with Gasteiger partial charge in [0.05, 0.1) is 34.6 Å². The smallest absolute Gasteiger partial charge is 0.313 e. The van der Waals surface area contributed by atoms with Crippen molar-refractivity contribution in [3.05, 3.63) is 159 Å². The van der Waals surface area contributed by atoms with E-state index in [0.717, 1.165) is 23.3 Å². The Balaban J connectivity index is 0.743. The predicted octanol–water partition coefficient (Wildman–Crippen LogP) is 6.63. The van der Waals surface area contributed by atoms with E-state index in [1.807, 2.05) is 69.0 Å². The largest absolute Gasteiger partial charge is 0.507 e. The Morgan fingerprint density at radius 3 is 2.17 bits per heavy atom. The van der Waals surface area contributed by atoms with Crippen LogP contribution in [0, 0.1) is 23.7 Å². The Morgan fingerprint density at radius 2 is 1.50 bits per heavy atom. The quantitative estimate of drug-likeness (QED) is 0.0113. The number of aromatic hydroxyl groups is 2. The average Bonchev–Trinajstić information content (AvgIpc) is 1.47. The maximum Gasteiger partial charge on any atom is 0.313 e. The van der Waals surface area contributed by atoms with E-state index in [-0.39, 0.29) is 115 Å². The molecule has 31 nitrogen and oxygen atoms in total. The third kappa shape index (κ3) is 17.2. The number of hydrogen-bond donors (Lipinski definition) is 9. The van der Waals surface area contributed by atoms with Gasteiger partial charge in [-0.25, -0.2) is 4.98 Å². The minimum atomic E-state index is -2.15. The van der Waals surface area contributed by atoms with Crippen molar-refractivity contribution in [1.29, 1.82) is 0 Å². The summed E-state index contributed by atoms with van der Waals surface area (Å²) in [7, 11) is 0. The van der Waals surface area contributed by atoms with Gasteiger partial charge < -0.3 is 80.5 Å². The number of aliphatic hydroxyl groups is 1. The van der Waals surface area contributed by atoms with Gasteiger partial charge in [0, 0.05) is 118 Å². The molecule has 120 heavy (non-hydrogen) atoms. The van der Waals surface area contributed by atoms with Gasteiger partial charge in [-0.1, -0.05) is 126 Å². The van der Waals surface area contributed by atoms with Crippen LogP contribution in [0.15, 0.2) is 136 Å². The highest BCUT2D eigenvalue weighted by atomic mass is 16.7. The first-order valence-corrected chi connectivity index (χ1v) is 40.9. The molecule has 0 aromatic heterocycles. The summed E-state index contributed by atoms with van der Waals surface area (Å²) in [4.78, 5) is 194. The summed E-state index contributed by atoms with van der Waals surface area (Å²) in [6.45, 7) is 16.6. The number of aromatic nitrogens is 1. The number of amides is 10. The molecule has 632 valence electrons. The summed E-state index contributed by atoms with van der Waals surface area (Å²) in [6, 6.07) is 14.3. The monoisotopic (exact) mass is 1640 g/mol. The van der Waals surface area contributed by atoms with Crippen molar-refractivity contribution in [3.8, 4) is 28.7 Å². The number of nitrogens with zero attached hydrogens (tertiary/aromatic N) is 5. The molecule has 13 rings (SSSR count). The highest BCUT2D eigenvalue weighted by molar-refractivity contribution is 6.23. The van der Waals surface area contributed by atoms with E-state index in [1.165, 1.54) is 48.8 Å². The van der Waals surface area contributed by atoms with Crippen LogP contribution < -0.4 is 47.0 Å². The van der Waals surface area contributed by atoms with Gasteiger partial charge in [0.25, 0.3) is 23.5 Å². The molecule has 14 atom stereocenters. The summed E-state index contributed by atoms with van der Waals surface area (Å²) in [6.07, 6.45) is 9.48. The fraction of sp³-hybridized carbons (Fsp3) is 0.449. The van der Waals surface area contributed by atoms with Crippen molar-refractivity contribution in [1.82, 2.24) is 46.3 Å². The second-order valence-electron chi connectivity index (χ2n) is 33.0.